The van der Waals surface area contributed by atoms with Crippen molar-refractivity contribution in [1.29, 1.82) is 5.26 Å². The molecule has 6 rings (SSSR count). The third kappa shape index (κ3) is 3.54. The number of nitriles is 1. The number of hydrogen-bond acceptors (Lipinski definition) is 2. The molecule has 0 aliphatic rings. The number of nitrogens with zero attached hydrogens (tertiary/aromatic N) is 2. The van der Waals surface area contributed by atoms with Crippen molar-refractivity contribution >= 4 is 21.9 Å². The third-order valence-corrected chi connectivity index (χ3v) is 6.73. The van der Waals surface area contributed by atoms with Crippen molar-refractivity contribution in [1.82, 2.24) is 0 Å². The maximum absolute atomic E-state index is 13.8. The first-order chi connectivity index (χ1) is 17.5. The molecule has 6 aromatic rings. The summed E-state index contributed by atoms with van der Waals surface area (Å²) in [5.41, 5.74) is 8.93. The van der Waals surface area contributed by atoms with Gasteiger partial charge in [0.15, 0.2) is 5.82 Å². The molecule has 0 bridgehead atoms. The number of hydrogen-bond donors (Lipinski definition) is 0. The smallest absolute Gasteiger partial charge is 0.216 e. The van der Waals surface area contributed by atoms with Crippen LogP contribution in [0, 0.1) is 24.1 Å². The minimum atomic E-state index is -0.296. The normalized spacial score (nSPS) is 11.2. The Morgan fingerprint density at radius 1 is 0.778 bits per heavy atom. The molecule has 3 nitrogen and oxygen atoms in total. The van der Waals surface area contributed by atoms with Gasteiger partial charge < -0.3 is 4.42 Å². The first-order valence-electron chi connectivity index (χ1n) is 11.7. The summed E-state index contributed by atoms with van der Waals surface area (Å²) in [5.74, 6) is -0.296. The second-order valence-electron chi connectivity index (χ2n) is 9.04. The first-order valence-corrected chi connectivity index (χ1v) is 11.7. The molecule has 4 aromatic carbocycles. The van der Waals surface area contributed by atoms with Crippen LogP contribution in [0.5, 0.6) is 0 Å². The lowest BCUT2D eigenvalue weighted by Crippen LogP contribution is -2.31. The van der Waals surface area contributed by atoms with Gasteiger partial charge in [0.25, 0.3) is 0 Å². The number of fused-ring (bicyclic) bond motifs is 3. The van der Waals surface area contributed by atoms with Crippen molar-refractivity contribution in [2.45, 2.75) is 6.92 Å². The number of aryl methyl sites for hydroxylation is 2. The van der Waals surface area contributed by atoms with Crippen LogP contribution in [0.4, 0.5) is 4.39 Å². The molecule has 2 heterocycles. The van der Waals surface area contributed by atoms with Gasteiger partial charge in [-0.3, -0.25) is 0 Å². The fraction of sp³-hybridized carbons (Fsp3) is 0.0625. The molecule has 0 fully saturated rings. The van der Waals surface area contributed by atoms with E-state index in [1.54, 1.807) is 10.6 Å². The summed E-state index contributed by atoms with van der Waals surface area (Å²) in [4.78, 5) is 0. The van der Waals surface area contributed by atoms with Gasteiger partial charge in [-0.15, -0.1) is 0 Å². The van der Waals surface area contributed by atoms with Crippen LogP contribution in [0.3, 0.4) is 0 Å². The SMILES string of the molecule is Cc1ccc2c(oc3c(-c4ccc(-c5ccccc5)cc4)cc(C#N)cc32)c1-c1ccc(F)c[n+]1C. The third-order valence-electron chi connectivity index (χ3n) is 6.73. The van der Waals surface area contributed by atoms with Crippen LogP contribution in [0.25, 0.3) is 55.4 Å². The quantitative estimate of drug-likeness (QED) is 0.249. The highest BCUT2D eigenvalue weighted by atomic mass is 19.1. The van der Waals surface area contributed by atoms with Gasteiger partial charge in [0.05, 0.1) is 17.2 Å². The number of rotatable bonds is 3. The zero-order chi connectivity index (χ0) is 24.8. The number of furan rings is 1. The Kier molecular flexibility index (Phi) is 5.13. The molecule has 0 unspecified atom stereocenters. The number of pyridine rings is 1. The van der Waals surface area contributed by atoms with Gasteiger partial charge in [-0.05, 0) is 47.4 Å². The van der Waals surface area contributed by atoms with Gasteiger partial charge in [-0.2, -0.15) is 9.83 Å². The molecule has 36 heavy (non-hydrogen) atoms. The second-order valence-corrected chi connectivity index (χ2v) is 9.04. The summed E-state index contributed by atoms with van der Waals surface area (Å²) in [6.45, 7) is 2.02. The van der Waals surface area contributed by atoms with E-state index < -0.39 is 0 Å². The summed E-state index contributed by atoms with van der Waals surface area (Å²) >= 11 is 0. The van der Waals surface area contributed by atoms with Crippen LogP contribution in [-0.4, -0.2) is 0 Å². The Morgan fingerprint density at radius 3 is 2.22 bits per heavy atom. The van der Waals surface area contributed by atoms with Gasteiger partial charge in [0, 0.05) is 22.4 Å². The van der Waals surface area contributed by atoms with E-state index in [2.05, 4.69) is 42.5 Å². The molecule has 0 spiro atoms. The topological polar surface area (TPSA) is 40.8 Å². The van der Waals surface area contributed by atoms with Gasteiger partial charge in [-0.25, -0.2) is 4.39 Å². The molecular formula is C32H22FN2O+. The molecule has 0 saturated heterocycles. The van der Waals surface area contributed by atoms with Crippen molar-refractivity contribution in [2.75, 3.05) is 0 Å². The molecule has 4 heteroatoms. The summed E-state index contributed by atoms with van der Waals surface area (Å²) in [7, 11) is 1.83. The zero-order valence-electron chi connectivity index (χ0n) is 19.9. The molecule has 0 N–H and O–H groups in total. The highest BCUT2D eigenvalue weighted by Crippen LogP contribution is 2.41. The van der Waals surface area contributed by atoms with E-state index in [-0.39, 0.29) is 5.82 Å². The fourth-order valence-electron chi connectivity index (χ4n) is 4.94. The Balaban J connectivity index is 1.60. The van der Waals surface area contributed by atoms with Crippen LogP contribution in [0.2, 0.25) is 0 Å². The average molecular weight is 470 g/mol. The monoisotopic (exact) mass is 469 g/mol. The Bertz CT molecular complexity index is 1810. The predicted octanol–water partition coefficient (Wildman–Crippen LogP) is 7.73. The lowest BCUT2D eigenvalue weighted by atomic mass is 9.96. The Labute approximate surface area is 208 Å². The highest BCUT2D eigenvalue weighted by molar-refractivity contribution is 6.13. The van der Waals surface area contributed by atoms with Crippen molar-refractivity contribution in [3.05, 3.63) is 114 Å². The van der Waals surface area contributed by atoms with E-state index >= 15 is 0 Å². The van der Waals surface area contributed by atoms with E-state index in [0.717, 1.165) is 61.0 Å². The first kappa shape index (κ1) is 21.8. The zero-order valence-corrected chi connectivity index (χ0v) is 19.9. The van der Waals surface area contributed by atoms with E-state index in [9.17, 15) is 9.65 Å². The number of halogens is 1. The van der Waals surface area contributed by atoms with Gasteiger partial charge in [-0.1, -0.05) is 66.7 Å². The van der Waals surface area contributed by atoms with Crippen LogP contribution >= 0.6 is 0 Å². The maximum atomic E-state index is 13.8. The molecule has 2 aromatic heterocycles. The molecule has 0 amide bonds. The van der Waals surface area contributed by atoms with Crippen molar-refractivity contribution in [2.24, 2.45) is 7.05 Å². The maximum Gasteiger partial charge on any atom is 0.216 e. The predicted molar refractivity (Wildman–Crippen MR) is 141 cm³/mol. The minimum absolute atomic E-state index is 0.296. The lowest BCUT2D eigenvalue weighted by Gasteiger charge is -2.06. The molecule has 0 saturated carbocycles. The summed E-state index contributed by atoms with van der Waals surface area (Å²) in [5, 5.41) is 11.6. The van der Waals surface area contributed by atoms with Crippen LogP contribution in [-0.2, 0) is 7.05 Å². The van der Waals surface area contributed by atoms with Crippen molar-refractivity contribution in [3.63, 3.8) is 0 Å². The van der Waals surface area contributed by atoms with Gasteiger partial charge >= 0.3 is 0 Å². The molecule has 0 radical (unpaired) electrons. The van der Waals surface area contributed by atoms with Crippen LogP contribution in [0.15, 0.2) is 102 Å². The lowest BCUT2D eigenvalue weighted by molar-refractivity contribution is -0.661. The van der Waals surface area contributed by atoms with E-state index in [1.807, 2.05) is 56.4 Å². The molecule has 0 aliphatic heterocycles. The van der Waals surface area contributed by atoms with Gasteiger partial charge in [0.1, 0.15) is 18.2 Å². The largest absolute Gasteiger partial charge is 0.454 e. The number of aromatic nitrogens is 1. The van der Waals surface area contributed by atoms with Crippen molar-refractivity contribution in [3.8, 4) is 39.6 Å². The summed E-state index contributed by atoms with van der Waals surface area (Å²) in [6, 6.07) is 31.9. The van der Waals surface area contributed by atoms with E-state index in [1.165, 1.54) is 12.3 Å². The Hall–Kier alpha value is -4.75. The molecule has 172 valence electrons. The number of benzene rings is 4. The molecular weight excluding hydrogens is 447 g/mol. The second kappa shape index (κ2) is 8.48. The minimum Gasteiger partial charge on any atom is -0.454 e. The van der Waals surface area contributed by atoms with Crippen molar-refractivity contribution < 1.29 is 13.4 Å². The standard InChI is InChI=1S/C32H22FN2O/c1-20-8-14-26-28-17-21(18-34)16-27(24-11-9-23(10-12-24)22-6-4-3-5-7-22)31(28)36-32(26)30(20)29-15-13-25(33)19-35(29)2/h3-17,19H,1-2H3/q+1. The van der Waals surface area contributed by atoms with Crippen LogP contribution in [0.1, 0.15) is 11.1 Å². The highest BCUT2D eigenvalue weighted by Gasteiger charge is 2.22. The molecule has 0 atom stereocenters. The Morgan fingerprint density at radius 2 is 1.50 bits per heavy atom. The van der Waals surface area contributed by atoms with E-state index in [4.69, 9.17) is 4.42 Å². The molecule has 0 aliphatic carbocycles. The summed E-state index contributed by atoms with van der Waals surface area (Å²) < 4.78 is 22.2. The van der Waals surface area contributed by atoms with E-state index in [0.29, 0.717) is 5.56 Å². The average Bonchev–Trinajstić information content (AvgIpc) is 3.28. The summed E-state index contributed by atoms with van der Waals surface area (Å²) in [6.07, 6.45) is 1.46. The van der Waals surface area contributed by atoms with Crippen LogP contribution < -0.4 is 4.57 Å². The fourth-order valence-corrected chi connectivity index (χ4v) is 4.94. The van der Waals surface area contributed by atoms with Gasteiger partial charge in [0.2, 0.25) is 11.9 Å².